The summed E-state index contributed by atoms with van der Waals surface area (Å²) in [7, 11) is -3.39. The summed E-state index contributed by atoms with van der Waals surface area (Å²) in [5.74, 6) is -0.329. The van der Waals surface area contributed by atoms with Crippen molar-refractivity contribution in [1.29, 1.82) is 0 Å². The van der Waals surface area contributed by atoms with Crippen LogP contribution in [-0.2, 0) is 21.4 Å². The highest BCUT2D eigenvalue weighted by Gasteiger charge is 2.37. The van der Waals surface area contributed by atoms with Crippen LogP contribution in [0.3, 0.4) is 0 Å². The van der Waals surface area contributed by atoms with Crippen molar-refractivity contribution in [3.8, 4) is 0 Å². The Kier molecular flexibility index (Phi) is 8.36. The van der Waals surface area contributed by atoms with Crippen molar-refractivity contribution in [2.24, 2.45) is 0 Å². The molecule has 1 amide bonds. The van der Waals surface area contributed by atoms with Gasteiger partial charge in [0.2, 0.25) is 15.9 Å². The van der Waals surface area contributed by atoms with Crippen molar-refractivity contribution >= 4 is 21.6 Å². The number of carbonyl (C=O) groups excluding carboxylic acids is 1. The van der Waals surface area contributed by atoms with Crippen LogP contribution in [0.2, 0.25) is 0 Å². The standard InChI is InChI=1S/C19H28FN3O3S.C4H4N2/c1-14-4-5-15(2)27(25,26)23(14)13-17-6-7-18(12-19(17)20)22-10-8-21(9-11-22)16(3)24;1-2-5-4-6-3-1/h6-7,12,14-15H,4-5,8-11,13H2,1-3H3;1-4H/t14-,15?;/m0./s1. The van der Waals surface area contributed by atoms with Crippen molar-refractivity contribution in [1.82, 2.24) is 19.2 Å². The van der Waals surface area contributed by atoms with Gasteiger partial charge in [-0.15, -0.1) is 0 Å². The minimum absolute atomic E-state index is 0.0577. The molecule has 0 aliphatic carbocycles. The van der Waals surface area contributed by atoms with Crippen molar-refractivity contribution in [2.75, 3.05) is 31.1 Å². The van der Waals surface area contributed by atoms with Crippen molar-refractivity contribution in [3.63, 3.8) is 0 Å². The number of carbonyl (C=O) groups is 1. The summed E-state index contributed by atoms with van der Waals surface area (Å²) in [6.07, 6.45) is 6.31. The maximum absolute atomic E-state index is 14.7. The van der Waals surface area contributed by atoms with Gasteiger partial charge in [-0.2, -0.15) is 4.31 Å². The van der Waals surface area contributed by atoms with Gasteiger partial charge < -0.3 is 9.80 Å². The van der Waals surface area contributed by atoms with Crippen LogP contribution in [0.5, 0.6) is 0 Å². The molecule has 3 heterocycles. The molecule has 1 aromatic heterocycles. The van der Waals surface area contributed by atoms with E-state index in [4.69, 9.17) is 0 Å². The Hall–Kier alpha value is -2.59. The minimum atomic E-state index is -3.39. The molecule has 2 atom stereocenters. The lowest BCUT2D eigenvalue weighted by molar-refractivity contribution is -0.129. The number of aromatic nitrogens is 2. The lowest BCUT2D eigenvalue weighted by atomic mass is 10.1. The third-order valence-electron chi connectivity index (χ3n) is 6.25. The summed E-state index contributed by atoms with van der Waals surface area (Å²) in [4.78, 5) is 22.6. The molecule has 2 aromatic rings. The van der Waals surface area contributed by atoms with E-state index in [-0.39, 0.29) is 24.3 Å². The van der Waals surface area contributed by atoms with Gasteiger partial charge in [-0.1, -0.05) is 6.07 Å². The Labute approximate surface area is 195 Å². The number of sulfonamides is 1. The van der Waals surface area contributed by atoms with Gasteiger partial charge in [0.1, 0.15) is 12.1 Å². The van der Waals surface area contributed by atoms with Crippen LogP contribution >= 0.6 is 0 Å². The van der Waals surface area contributed by atoms with Crippen molar-refractivity contribution in [3.05, 3.63) is 54.4 Å². The maximum Gasteiger partial charge on any atom is 0.219 e. The molecular formula is C23H32FN5O3S. The molecule has 2 aliphatic rings. The van der Waals surface area contributed by atoms with E-state index >= 15 is 0 Å². The fraction of sp³-hybridized carbons (Fsp3) is 0.522. The van der Waals surface area contributed by atoms with Gasteiger partial charge in [0.25, 0.3) is 0 Å². The zero-order chi connectivity index (χ0) is 24.0. The third-order valence-corrected chi connectivity index (χ3v) is 8.64. The number of nitrogens with zero attached hydrogens (tertiary/aromatic N) is 5. The third kappa shape index (κ3) is 6.26. The average Bonchev–Trinajstić information content (AvgIpc) is 2.82. The number of hydrogen-bond donors (Lipinski definition) is 0. The smallest absolute Gasteiger partial charge is 0.219 e. The van der Waals surface area contributed by atoms with Gasteiger partial charge in [-0.05, 0) is 44.9 Å². The Bertz CT molecular complexity index is 1000. The van der Waals surface area contributed by atoms with E-state index in [1.165, 1.54) is 16.7 Å². The molecule has 0 N–H and O–H groups in total. The van der Waals surface area contributed by atoms with E-state index < -0.39 is 15.3 Å². The lowest BCUT2D eigenvalue weighted by Crippen LogP contribution is -2.48. The van der Waals surface area contributed by atoms with Crippen molar-refractivity contribution in [2.45, 2.75) is 51.4 Å². The highest BCUT2D eigenvalue weighted by Crippen LogP contribution is 2.29. The molecular weight excluding hydrogens is 445 g/mol. The van der Waals surface area contributed by atoms with E-state index in [0.29, 0.717) is 38.2 Å². The Balaban J connectivity index is 0.000000442. The van der Waals surface area contributed by atoms with E-state index in [1.54, 1.807) is 43.3 Å². The molecule has 8 nitrogen and oxygen atoms in total. The molecule has 2 aliphatic heterocycles. The Morgan fingerprint density at radius 1 is 1.09 bits per heavy atom. The summed E-state index contributed by atoms with van der Waals surface area (Å²) in [6.45, 7) is 7.79. The van der Waals surface area contributed by atoms with E-state index in [9.17, 15) is 17.6 Å². The Morgan fingerprint density at radius 3 is 2.27 bits per heavy atom. The number of amides is 1. The first kappa shape index (κ1) is 25.0. The topological polar surface area (TPSA) is 86.7 Å². The molecule has 180 valence electrons. The molecule has 1 aromatic carbocycles. The number of halogens is 1. The first-order valence-electron chi connectivity index (χ1n) is 11.2. The molecule has 33 heavy (non-hydrogen) atoms. The zero-order valence-electron chi connectivity index (χ0n) is 19.4. The Morgan fingerprint density at radius 2 is 1.76 bits per heavy atom. The van der Waals surface area contributed by atoms with Crippen LogP contribution in [0.15, 0.2) is 43.0 Å². The first-order chi connectivity index (χ1) is 15.7. The van der Waals surface area contributed by atoms with E-state index in [0.717, 1.165) is 12.1 Å². The highest BCUT2D eigenvalue weighted by atomic mass is 32.2. The van der Waals surface area contributed by atoms with Gasteiger partial charge >= 0.3 is 0 Å². The highest BCUT2D eigenvalue weighted by molar-refractivity contribution is 7.89. The van der Waals surface area contributed by atoms with Crippen LogP contribution in [0.4, 0.5) is 10.1 Å². The molecule has 2 saturated heterocycles. The molecule has 0 spiro atoms. The second kappa shape index (κ2) is 11.0. The molecule has 1 unspecified atom stereocenters. The number of benzene rings is 1. The predicted molar refractivity (Wildman–Crippen MR) is 126 cm³/mol. The number of rotatable bonds is 3. The largest absolute Gasteiger partial charge is 0.368 e. The molecule has 0 bridgehead atoms. The summed E-state index contributed by atoms with van der Waals surface area (Å²) < 4.78 is 41.4. The van der Waals surface area contributed by atoms with Crippen LogP contribution in [0.25, 0.3) is 0 Å². The normalized spacial score (nSPS) is 22.9. The number of anilines is 1. The fourth-order valence-corrected chi connectivity index (χ4v) is 5.88. The van der Waals surface area contributed by atoms with Gasteiger partial charge in [0.15, 0.2) is 0 Å². The van der Waals surface area contributed by atoms with Crippen LogP contribution in [0.1, 0.15) is 39.2 Å². The summed E-state index contributed by atoms with van der Waals surface area (Å²) in [6, 6.07) is 6.66. The minimum Gasteiger partial charge on any atom is -0.368 e. The number of piperazine rings is 1. The molecule has 2 fully saturated rings. The van der Waals surface area contributed by atoms with Crippen molar-refractivity contribution < 1.29 is 17.6 Å². The van der Waals surface area contributed by atoms with E-state index in [2.05, 4.69) is 14.9 Å². The SMILES string of the molecule is CC(=O)N1CCN(c2ccc(CN3[C@@H](C)CCC(C)S3(=O)=O)c(F)c2)CC1.c1cncnc1. The zero-order valence-corrected chi connectivity index (χ0v) is 20.2. The average molecular weight is 478 g/mol. The van der Waals surface area contributed by atoms with Gasteiger partial charge in [0, 0.05) is 69.3 Å². The van der Waals surface area contributed by atoms with Crippen LogP contribution in [-0.4, -0.2) is 71.0 Å². The quantitative estimate of drug-likeness (QED) is 0.676. The van der Waals surface area contributed by atoms with Crippen LogP contribution < -0.4 is 4.90 Å². The lowest BCUT2D eigenvalue weighted by Gasteiger charge is -2.37. The predicted octanol–water partition coefficient (Wildman–Crippen LogP) is 2.67. The van der Waals surface area contributed by atoms with Gasteiger partial charge in [-0.3, -0.25) is 4.79 Å². The molecule has 0 radical (unpaired) electrons. The molecule has 10 heteroatoms. The molecule has 0 saturated carbocycles. The number of hydrogen-bond acceptors (Lipinski definition) is 6. The maximum atomic E-state index is 14.7. The molecule has 4 rings (SSSR count). The van der Waals surface area contributed by atoms with E-state index in [1.807, 2.05) is 13.0 Å². The second-order valence-electron chi connectivity index (χ2n) is 8.50. The van der Waals surface area contributed by atoms with Crippen LogP contribution in [0, 0.1) is 5.82 Å². The summed E-state index contributed by atoms with van der Waals surface area (Å²) in [5, 5.41) is -0.423. The monoisotopic (exact) mass is 477 g/mol. The summed E-state index contributed by atoms with van der Waals surface area (Å²) in [5.41, 5.74) is 1.16. The second-order valence-corrected chi connectivity index (χ2v) is 10.8. The first-order valence-corrected chi connectivity index (χ1v) is 12.7. The fourth-order valence-electron chi connectivity index (χ4n) is 4.06. The van der Waals surface area contributed by atoms with Gasteiger partial charge in [-0.25, -0.2) is 22.8 Å². The van der Waals surface area contributed by atoms with Gasteiger partial charge in [0.05, 0.1) is 5.25 Å². The summed E-state index contributed by atoms with van der Waals surface area (Å²) >= 11 is 0.